The van der Waals surface area contributed by atoms with Crippen LogP contribution in [0.2, 0.25) is 0 Å². The van der Waals surface area contributed by atoms with Crippen LogP contribution < -0.4 is 5.32 Å². The molecule has 1 aromatic rings. The van der Waals surface area contributed by atoms with E-state index in [1.807, 2.05) is 12.1 Å². The molecule has 6 nitrogen and oxygen atoms in total. The highest BCUT2D eigenvalue weighted by Crippen LogP contribution is 2.29. The maximum Gasteiger partial charge on any atom is 0.305 e. The van der Waals surface area contributed by atoms with E-state index in [1.54, 1.807) is 24.3 Å². The average Bonchev–Trinajstić information content (AvgIpc) is 3.00. The number of carbonyl (C=O) groups is 2. The summed E-state index contributed by atoms with van der Waals surface area (Å²) >= 11 is 1.52. The topological polar surface area (TPSA) is 88.0 Å². The van der Waals surface area contributed by atoms with Crippen molar-refractivity contribution in [2.75, 3.05) is 12.9 Å². The summed E-state index contributed by atoms with van der Waals surface area (Å²) < 4.78 is 4.59. The lowest BCUT2D eigenvalue weighted by Gasteiger charge is -2.12. The number of allylic oxidation sites excluding steroid dienone is 1. The molecule has 0 radical (unpaired) electrons. The van der Waals surface area contributed by atoms with Crippen LogP contribution in [-0.2, 0) is 9.53 Å². The number of oxime groups is 1. The number of amides is 1. The first-order chi connectivity index (χ1) is 11.7. The SMILES string of the molecule is COC(=O)CCCC=C1SC[C@H](NC(=O)c2ccccc2)/C1=N\O. The van der Waals surface area contributed by atoms with Gasteiger partial charge < -0.3 is 15.3 Å². The van der Waals surface area contributed by atoms with Crippen LogP contribution in [0.3, 0.4) is 0 Å². The molecule has 1 atom stereocenters. The van der Waals surface area contributed by atoms with Crippen molar-refractivity contribution < 1.29 is 19.5 Å². The molecule has 2 N–H and O–H groups in total. The van der Waals surface area contributed by atoms with Gasteiger partial charge in [-0.1, -0.05) is 29.4 Å². The van der Waals surface area contributed by atoms with E-state index >= 15 is 0 Å². The molecule has 1 aliphatic rings. The molecule has 0 bridgehead atoms. The van der Waals surface area contributed by atoms with Crippen molar-refractivity contribution >= 4 is 29.4 Å². The van der Waals surface area contributed by atoms with Gasteiger partial charge in [0.05, 0.1) is 13.2 Å². The molecule has 0 unspecified atom stereocenters. The Bertz CT molecular complexity index is 643. The number of benzene rings is 1. The highest BCUT2D eigenvalue weighted by atomic mass is 32.2. The second kappa shape index (κ2) is 9.12. The monoisotopic (exact) mass is 348 g/mol. The number of nitrogens with one attached hydrogen (secondary N) is 1. The van der Waals surface area contributed by atoms with Crippen molar-refractivity contribution in [2.24, 2.45) is 5.16 Å². The van der Waals surface area contributed by atoms with E-state index in [1.165, 1.54) is 18.9 Å². The minimum atomic E-state index is -0.334. The van der Waals surface area contributed by atoms with Crippen LogP contribution in [0.4, 0.5) is 0 Å². The molecular formula is C17H20N2O4S. The molecule has 0 aliphatic carbocycles. The zero-order valence-electron chi connectivity index (χ0n) is 13.4. The summed E-state index contributed by atoms with van der Waals surface area (Å²) in [5, 5.41) is 15.5. The third kappa shape index (κ3) is 4.86. The molecule has 1 amide bonds. The van der Waals surface area contributed by atoms with Crippen LogP contribution in [0.25, 0.3) is 0 Å². The number of nitrogens with zero attached hydrogens (tertiary/aromatic N) is 1. The van der Waals surface area contributed by atoms with Gasteiger partial charge in [0, 0.05) is 22.6 Å². The summed E-state index contributed by atoms with van der Waals surface area (Å²) in [6.07, 6.45) is 3.62. The highest BCUT2D eigenvalue weighted by molar-refractivity contribution is 8.04. The van der Waals surface area contributed by atoms with Gasteiger partial charge in [-0.25, -0.2) is 0 Å². The van der Waals surface area contributed by atoms with Gasteiger partial charge in [0.15, 0.2) is 0 Å². The molecule has 7 heteroatoms. The maximum absolute atomic E-state index is 12.2. The number of unbranched alkanes of at least 4 members (excludes halogenated alkanes) is 1. The van der Waals surface area contributed by atoms with Gasteiger partial charge in [-0.2, -0.15) is 0 Å². The second-order valence-electron chi connectivity index (χ2n) is 5.23. The van der Waals surface area contributed by atoms with Gasteiger partial charge >= 0.3 is 5.97 Å². The third-order valence-corrected chi connectivity index (χ3v) is 4.77. The van der Waals surface area contributed by atoms with Gasteiger partial charge in [-0.15, -0.1) is 11.8 Å². The second-order valence-corrected chi connectivity index (χ2v) is 6.29. The van der Waals surface area contributed by atoms with Crippen LogP contribution in [0.1, 0.15) is 29.6 Å². The van der Waals surface area contributed by atoms with Crippen molar-refractivity contribution in [3.05, 3.63) is 46.9 Å². The van der Waals surface area contributed by atoms with E-state index in [9.17, 15) is 14.8 Å². The van der Waals surface area contributed by atoms with Crippen LogP contribution in [0.15, 0.2) is 46.5 Å². The summed E-state index contributed by atoms with van der Waals surface area (Å²) in [6, 6.07) is 8.57. The number of rotatable bonds is 6. The molecule has 0 aromatic heterocycles. The first-order valence-corrected chi connectivity index (χ1v) is 8.62. The molecule has 2 rings (SSSR count). The van der Waals surface area contributed by atoms with E-state index in [0.29, 0.717) is 36.3 Å². The van der Waals surface area contributed by atoms with Gasteiger partial charge in [0.2, 0.25) is 0 Å². The molecule has 0 saturated carbocycles. The van der Waals surface area contributed by atoms with Crippen LogP contribution in [0.5, 0.6) is 0 Å². The molecule has 1 aliphatic heterocycles. The molecule has 1 aromatic carbocycles. The Morgan fingerprint density at radius 3 is 2.83 bits per heavy atom. The summed E-state index contributed by atoms with van der Waals surface area (Å²) in [7, 11) is 1.37. The number of hydrogen-bond acceptors (Lipinski definition) is 6. The summed E-state index contributed by atoms with van der Waals surface area (Å²) in [6.45, 7) is 0. The van der Waals surface area contributed by atoms with E-state index in [-0.39, 0.29) is 17.9 Å². The molecule has 24 heavy (non-hydrogen) atoms. The first kappa shape index (κ1) is 18.1. The molecule has 1 heterocycles. The molecule has 1 saturated heterocycles. The maximum atomic E-state index is 12.2. The lowest BCUT2D eigenvalue weighted by Crippen LogP contribution is -2.39. The lowest BCUT2D eigenvalue weighted by molar-refractivity contribution is -0.140. The van der Waals surface area contributed by atoms with E-state index in [0.717, 1.165) is 4.91 Å². The number of hydrogen-bond donors (Lipinski definition) is 2. The Labute approximate surface area is 145 Å². The molecule has 1 fully saturated rings. The van der Waals surface area contributed by atoms with Crippen LogP contribution >= 0.6 is 11.8 Å². The number of methoxy groups -OCH3 is 1. The van der Waals surface area contributed by atoms with Gasteiger partial charge in [0.25, 0.3) is 5.91 Å². The predicted molar refractivity (Wildman–Crippen MR) is 93.3 cm³/mol. The third-order valence-electron chi connectivity index (χ3n) is 3.58. The fourth-order valence-corrected chi connectivity index (χ4v) is 3.46. The van der Waals surface area contributed by atoms with Crippen molar-refractivity contribution in [1.82, 2.24) is 5.32 Å². The van der Waals surface area contributed by atoms with Crippen molar-refractivity contribution in [3.63, 3.8) is 0 Å². The van der Waals surface area contributed by atoms with Crippen LogP contribution in [0, 0.1) is 0 Å². The van der Waals surface area contributed by atoms with Gasteiger partial charge in [-0.3, -0.25) is 9.59 Å². The summed E-state index contributed by atoms with van der Waals surface area (Å²) in [5.74, 6) is 0.173. The standard InChI is InChI=1S/C17H20N2O4S/c1-23-15(20)10-6-5-9-14-16(19-22)13(11-24-14)18-17(21)12-7-3-2-4-8-12/h2-4,7-9,13,22H,5-6,10-11H2,1H3,(H,18,21)/b14-9?,19-16+/t13-/m0/s1. The Kier molecular flexibility index (Phi) is 6.87. The van der Waals surface area contributed by atoms with E-state index in [4.69, 9.17) is 0 Å². The van der Waals surface area contributed by atoms with Crippen molar-refractivity contribution in [2.45, 2.75) is 25.3 Å². The molecule has 128 valence electrons. The van der Waals surface area contributed by atoms with Crippen molar-refractivity contribution in [1.29, 1.82) is 0 Å². The lowest BCUT2D eigenvalue weighted by atomic mass is 10.1. The predicted octanol–water partition coefficient (Wildman–Crippen LogP) is 2.59. The van der Waals surface area contributed by atoms with E-state index < -0.39 is 0 Å². The highest BCUT2D eigenvalue weighted by Gasteiger charge is 2.30. The number of esters is 1. The quantitative estimate of drug-likeness (QED) is 0.357. The first-order valence-electron chi connectivity index (χ1n) is 7.63. The number of ether oxygens (including phenoxy) is 1. The number of thioether (sulfide) groups is 1. The Morgan fingerprint density at radius 1 is 1.42 bits per heavy atom. The average molecular weight is 348 g/mol. The van der Waals surface area contributed by atoms with Crippen LogP contribution in [-0.4, -0.2) is 41.7 Å². The fraction of sp³-hybridized carbons (Fsp3) is 0.353. The zero-order valence-corrected chi connectivity index (χ0v) is 14.2. The van der Waals surface area contributed by atoms with Gasteiger partial charge in [-0.05, 0) is 25.0 Å². The Morgan fingerprint density at radius 2 is 2.17 bits per heavy atom. The fourth-order valence-electron chi connectivity index (χ4n) is 2.30. The van der Waals surface area contributed by atoms with Gasteiger partial charge in [0.1, 0.15) is 5.71 Å². The molecule has 0 spiro atoms. The largest absolute Gasteiger partial charge is 0.469 e. The Hall–Kier alpha value is -2.28. The minimum Gasteiger partial charge on any atom is -0.469 e. The summed E-state index contributed by atoms with van der Waals surface area (Å²) in [5.41, 5.74) is 1.03. The smallest absolute Gasteiger partial charge is 0.305 e. The number of carbonyl (C=O) groups excluding carboxylic acids is 2. The summed E-state index contributed by atoms with van der Waals surface area (Å²) in [4.78, 5) is 24.1. The normalized spacial score (nSPS) is 20.3. The van der Waals surface area contributed by atoms with Crippen molar-refractivity contribution in [3.8, 4) is 0 Å². The zero-order chi connectivity index (χ0) is 17.4. The minimum absolute atomic E-state index is 0.200. The Balaban J connectivity index is 1.92. The molecular weight excluding hydrogens is 328 g/mol. The van der Waals surface area contributed by atoms with E-state index in [2.05, 4.69) is 15.2 Å².